The zero-order chi connectivity index (χ0) is 45.3. The van der Waals surface area contributed by atoms with E-state index in [2.05, 4.69) is 261 Å². The molecule has 0 atom stereocenters. The third kappa shape index (κ3) is 7.44. The molecule has 1 aliphatic heterocycles. The summed E-state index contributed by atoms with van der Waals surface area (Å²) in [5.41, 5.74) is 15.4. The van der Waals surface area contributed by atoms with Gasteiger partial charge >= 0.3 is 0 Å². The Morgan fingerprint density at radius 3 is 1.00 bits per heavy atom. The van der Waals surface area contributed by atoms with Gasteiger partial charge in [0.05, 0.1) is 5.56 Å². The molecule has 0 spiro atoms. The monoisotopic (exact) mass is 869 g/mol. The van der Waals surface area contributed by atoms with Crippen LogP contribution < -0.4 is 4.74 Å². The highest BCUT2D eigenvalue weighted by Crippen LogP contribution is 2.54. The maximum absolute atomic E-state index is 7.70. The normalized spacial score (nSPS) is 12.4. The molecule has 0 amide bonds. The van der Waals surface area contributed by atoms with Crippen LogP contribution in [0.1, 0.15) is 16.7 Å². The third-order valence-electron chi connectivity index (χ3n) is 12.9. The zero-order valence-electron chi connectivity index (χ0n) is 37.1. The highest BCUT2D eigenvalue weighted by molar-refractivity contribution is 5.88. The number of aromatic nitrogens is 3. The Kier molecular flexibility index (Phi) is 10.4. The van der Waals surface area contributed by atoms with Crippen LogP contribution in [0.15, 0.2) is 261 Å². The second kappa shape index (κ2) is 17.4. The van der Waals surface area contributed by atoms with Gasteiger partial charge in [-0.1, -0.05) is 218 Å². The van der Waals surface area contributed by atoms with Gasteiger partial charge in [0.2, 0.25) is 0 Å². The number of benzene rings is 10. The molecule has 0 aliphatic carbocycles. The molecule has 68 heavy (non-hydrogen) atoms. The van der Waals surface area contributed by atoms with E-state index in [0.717, 1.165) is 89.0 Å². The Labute approximate surface area is 396 Å². The van der Waals surface area contributed by atoms with Gasteiger partial charge in [-0.15, -0.1) is 0 Å². The predicted octanol–water partition coefficient (Wildman–Crippen LogP) is 15.9. The van der Waals surface area contributed by atoms with Crippen molar-refractivity contribution in [3.63, 3.8) is 0 Å². The van der Waals surface area contributed by atoms with Gasteiger partial charge in [-0.2, -0.15) is 0 Å². The molecular weight excluding hydrogens is 827 g/mol. The molecule has 2 heterocycles. The van der Waals surface area contributed by atoms with E-state index in [-0.39, 0.29) is 0 Å². The number of fused-ring (bicyclic) bond motifs is 3. The molecule has 10 aromatic carbocycles. The van der Waals surface area contributed by atoms with Crippen molar-refractivity contribution in [1.82, 2.24) is 15.0 Å². The van der Waals surface area contributed by atoms with Gasteiger partial charge in [-0.25, -0.2) is 15.0 Å². The number of para-hydroxylation sites is 1. The molecule has 12 rings (SSSR count). The molecule has 4 heteroatoms. The zero-order valence-corrected chi connectivity index (χ0v) is 37.1. The average molecular weight is 870 g/mol. The lowest BCUT2D eigenvalue weighted by Crippen LogP contribution is -2.38. The molecule has 0 N–H and O–H groups in total. The van der Waals surface area contributed by atoms with Crippen LogP contribution in [-0.4, -0.2) is 15.0 Å². The Bertz CT molecular complexity index is 3260. The molecule has 4 nitrogen and oxygen atoms in total. The van der Waals surface area contributed by atoms with Crippen molar-refractivity contribution in [2.75, 3.05) is 0 Å². The molecule has 0 unspecified atom stereocenters. The first-order valence-electron chi connectivity index (χ1n) is 23.0. The van der Waals surface area contributed by atoms with Crippen LogP contribution in [0, 0.1) is 0 Å². The molecule has 0 saturated heterocycles. The largest absolute Gasteiger partial charge is 0.472 e. The lowest BCUT2D eigenvalue weighted by Gasteiger charge is -2.42. The number of hydrogen-bond acceptors (Lipinski definition) is 4. The molecular formula is C64H43N3O. The smallest absolute Gasteiger partial charge is 0.185 e. The Balaban J connectivity index is 1.14. The maximum Gasteiger partial charge on any atom is 0.185 e. The Morgan fingerprint density at radius 1 is 0.250 bits per heavy atom. The first-order valence-corrected chi connectivity index (χ1v) is 23.0. The van der Waals surface area contributed by atoms with E-state index >= 15 is 0 Å². The average Bonchev–Trinajstić information content (AvgIpc) is 3.43. The number of hydrogen-bond donors (Lipinski definition) is 0. The van der Waals surface area contributed by atoms with Crippen molar-refractivity contribution in [2.45, 2.75) is 5.60 Å². The summed E-state index contributed by atoms with van der Waals surface area (Å²) in [6, 6.07) is 91.3. The highest BCUT2D eigenvalue weighted by Gasteiger charge is 2.45. The van der Waals surface area contributed by atoms with Crippen molar-refractivity contribution in [2.24, 2.45) is 0 Å². The molecule has 1 aliphatic rings. The van der Waals surface area contributed by atoms with E-state index in [9.17, 15) is 0 Å². The topological polar surface area (TPSA) is 47.9 Å². The fourth-order valence-corrected chi connectivity index (χ4v) is 9.67. The molecule has 320 valence electrons. The van der Waals surface area contributed by atoms with Gasteiger partial charge in [-0.3, -0.25) is 0 Å². The molecule has 0 bridgehead atoms. The van der Waals surface area contributed by atoms with Gasteiger partial charge < -0.3 is 4.74 Å². The van der Waals surface area contributed by atoms with Gasteiger partial charge in [0.15, 0.2) is 23.1 Å². The maximum atomic E-state index is 7.70. The van der Waals surface area contributed by atoms with E-state index in [0.29, 0.717) is 23.2 Å². The van der Waals surface area contributed by atoms with Crippen molar-refractivity contribution >= 4 is 0 Å². The lowest BCUT2D eigenvalue weighted by molar-refractivity contribution is 0.153. The van der Waals surface area contributed by atoms with Crippen molar-refractivity contribution in [3.05, 3.63) is 278 Å². The minimum Gasteiger partial charge on any atom is -0.472 e. The summed E-state index contributed by atoms with van der Waals surface area (Å²) >= 11 is 0. The minimum atomic E-state index is -0.982. The number of nitrogens with zero attached hydrogens (tertiary/aromatic N) is 3. The van der Waals surface area contributed by atoms with E-state index < -0.39 is 5.60 Å². The number of rotatable bonds is 9. The van der Waals surface area contributed by atoms with E-state index in [4.69, 9.17) is 19.7 Å². The van der Waals surface area contributed by atoms with E-state index in [1.54, 1.807) is 0 Å². The van der Waals surface area contributed by atoms with Crippen LogP contribution in [0.5, 0.6) is 5.75 Å². The number of ether oxygens (including phenoxy) is 1. The van der Waals surface area contributed by atoms with Crippen LogP contribution in [0.4, 0.5) is 0 Å². The van der Waals surface area contributed by atoms with Crippen LogP contribution in [-0.2, 0) is 5.60 Å². The summed E-state index contributed by atoms with van der Waals surface area (Å²) in [4.78, 5) is 16.4. The molecule has 0 radical (unpaired) electrons. The van der Waals surface area contributed by atoms with Crippen molar-refractivity contribution < 1.29 is 4.74 Å². The van der Waals surface area contributed by atoms with Crippen LogP contribution >= 0.6 is 0 Å². The predicted molar refractivity (Wildman–Crippen MR) is 277 cm³/mol. The fourth-order valence-electron chi connectivity index (χ4n) is 9.67. The molecule has 1 aromatic heterocycles. The Morgan fingerprint density at radius 2 is 0.574 bits per heavy atom. The standard InChI is InChI=1S/C64H43N3O/c1-7-22-44(23-8-1)48-38-49(45-24-9-2-10-25-45)41-52(40-48)61-65-62(53-42-50(46-26-11-3-12-27-46)39-51(43-53)47-28-13-4-14-29-47)67-63(66-61)58-36-21-35-57-56-34-19-20-37-59(56)64(68-60(57)58,54-30-15-5-16-31-54)55-32-17-6-18-33-55/h1-43H. The van der Waals surface area contributed by atoms with E-state index in [1.807, 2.05) is 0 Å². The van der Waals surface area contributed by atoms with Gasteiger partial charge in [-0.05, 0) is 92.5 Å². The Hall–Kier alpha value is -8.99. The quantitative estimate of drug-likeness (QED) is 0.145. The summed E-state index contributed by atoms with van der Waals surface area (Å²) in [6.07, 6.45) is 0. The van der Waals surface area contributed by atoms with Gasteiger partial charge in [0, 0.05) is 33.4 Å². The van der Waals surface area contributed by atoms with Crippen LogP contribution in [0.3, 0.4) is 0 Å². The van der Waals surface area contributed by atoms with Crippen LogP contribution in [0.2, 0.25) is 0 Å². The van der Waals surface area contributed by atoms with Gasteiger partial charge in [0.25, 0.3) is 0 Å². The molecule has 11 aromatic rings. The SMILES string of the molecule is c1ccc(-c2cc(-c3ccccc3)cc(-c3nc(-c4cc(-c5ccccc5)cc(-c5ccccc5)c4)nc(-c4cccc5c4OC(c4ccccc4)(c4ccccc4)c4ccccc4-5)n3)c2)cc1. The first kappa shape index (κ1) is 40.5. The summed E-state index contributed by atoms with van der Waals surface area (Å²) < 4.78 is 7.70. The summed E-state index contributed by atoms with van der Waals surface area (Å²) in [5.74, 6) is 2.32. The highest BCUT2D eigenvalue weighted by atomic mass is 16.5. The molecule has 0 fully saturated rings. The first-order chi connectivity index (χ1) is 33.7. The third-order valence-corrected chi connectivity index (χ3v) is 12.9. The summed E-state index contributed by atoms with van der Waals surface area (Å²) in [5, 5.41) is 0. The van der Waals surface area contributed by atoms with Gasteiger partial charge in [0.1, 0.15) is 5.75 Å². The van der Waals surface area contributed by atoms with E-state index in [1.165, 1.54) is 0 Å². The minimum absolute atomic E-state index is 0.508. The summed E-state index contributed by atoms with van der Waals surface area (Å²) in [6.45, 7) is 0. The second-order valence-corrected chi connectivity index (χ2v) is 17.1. The van der Waals surface area contributed by atoms with Crippen molar-refractivity contribution in [3.8, 4) is 95.5 Å². The molecule has 0 saturated carbocycles. The second-order valence-electron chi connectivity index (χ2n) is 17.1. The summed E-state index contributed by atoms with van der Waals surface area (Å²) in [7, 11) is 0. The van der Waals surface area contributed by atoms with Crippen molar-refractivity contribution in [1.29, 1.82) is 0 Å². The lowest BCUT2D eigenvalue weighted by atomic mass is 9.75. The fraction of sp³-hybridized carbons (Fsp3) is 0.0156. The van der Waals surface area contributed by atoms with Crippen LogP contribution in [0.25, 0.3) is 89.8 Å².